The number of nitrogens with zero attached hydrogens (tertiary/aromatic N) is 4. The topological polar surface area (TPSA) is 111 Å². The number of carbonyl (C=O) groups is 1. The number of nitriles is 1. The predicted molar refractivity (Wildman–Crippen MR) is 142 cm³/mol. The van der Waals surface area contributed by atoms with Crippen LogP contribution in [-0.4, -0.2) is 52.8 Å². The van der Waals surface area contributed by atoms with Gasteiger partial charge in [-0.2, -0.15) is 5.26 Å². The second-order valence-electron chi connectivity index (χ2n) is 11.9. The molecule has 2 aromatic rings. The van der Waals surface area contributed by atoms with E-state index in [2.05, 4.69) is 60.9 Å². The Balaban J connectivity index is 1.43. The van der Waals surface area contributed by atoms with Gasteiger partial charge in [0.15, 0.2) is 0 Å². The van der Waals surface area contributed by atoms with Crippen LogP contribution in [0.2, 0.25) is 0 Å². The average Bonchev–Trinajstić information content (AvgIpc) is 2.87. The first kappa shape index (κ1) is 26.9. The number of hydrogen-bond donors (Lipinski definition) is 2. The lowest BCUT2D eigenvalue weighted by Crippen LogP contribution is -2.74. The highest BCUT2D eigenvalue weighted by atomic mass is 16.5. The highest BCUT2D eigenvalue weighted by molar-refractivity contribution is 5.94. The summed E-state index contributed by atoms with van der Waals surface area (Å²) in [5.74, 6) is 1.86. The zero-order valence-electron chi connectivity index (χ0n) is 23.0. The van der Waals surface area contributed by atoms with E-state index in [1.807, 2.05) is 19.9 Å². The molecule has 1 aromatic heterocycles. The lowest BCUT2D eigenvalue weighted by molar-refractivity contribution is -0.164. The van der Waals surface area contributed by atoms with Gasteiger partial charge in [-0.15, -0.1) is 0 Å². The molecule has 1 aromatic carbocycles. The molecule has 0 spiro atoms. The van der Waals surface area contributed by atoms with Crippen LogP contribution in [-0.2, 0) is 0 Å². The number of anilines is 1. The van der Waals surface area contributed by atoms with Crippen molar-refractivity contribution >= 4 is 11.9 Å². The summed E-state index contributed by atoms with van der Waals surface area (Å²) in [6, 6.07) is 5.78. The van der Waals surface area contributed by atoms with Crippen LogP contribution in [0.4, 0.5) is 5.95 Å². The van der Waals surface area contributed by atoms with Crippen molar-refractivity contribution in [2.24, 2.45) is 22.7 Å². The number of amides is 1. The van der Waals surface area contributed by atoms with Crippen LogP contribution in [0.5, 0.6) is 5.75 Å². The predicted octanol–water partition coefficient (Wildman–Crippen LogP) is 4.03. The Morgan fingerprint density at radius 1 is 1.19 bits per heavy atom. The molecule has 8 heteroatoms. The van der Waals surface area contributed by atoms with Crippen LogP contribution in [0.15, 0.2) is 24.5 Å². The minimum absolute atomic E-state index is 0.115. The van der Waals surface area contributed by atoms with Gasteiger partial charge in [0.25, 0.3) is 5.91 Å². The van der Waals surface area contributed by atoms with Gasteiger partial charge in [-0.1, -0.05) is 34.6 Å². The van der Waals surface area contributed by atoms with Gasteiger partial charge in [0, 0.05) is 49.0 Å². The highest BCUT2D eigenvalue weighted by Gasteiger charge is 2.64. The van der Waals surface area contributed by atoms with E-state index in [1.54, 1.807) is 18.5 Å². The van der Waals surface area contributed by atoms with E-state index in [1.165, 1.54) is 0 Å². The molecular formula is C29H39N5O3. The molecule has 0 unspecified atom stereocenters. The second-order valence-corrected chi connectivity index (χ2v) is 11.9. The molecule has 0 bridgehead atoms. The van der Waals surface area contributed by atoms with Crippen molar-refractivity contribution in [2.45, 2.75) is 67.0 Å². The zero-order valence-corrected chi connectivity index (χ0v) is 23.0. The molecule has 1 saturated carbocycles. The largest absolute Gasteiger partial charge is 0.489 e. The molecule has 1 amide bonds. The van der Waals surface area contributed by atoms with Crippen LogP contribution >= 0.6 is 0 Å². The van der Waals surface area contributed by atoms with Gasteiger partial charge in [-0.25, -0.2) is 9.97 Å². The molecule has 4 rings (SSSR count). The SMILES string of the molecule is Cc1c(C#N)ccc(OC2C(C)(C)C(NC(=O)c3cnc(N4CC[C@H](CO)[C@@H](C)C4)nc3)C2(C)C)c1C. The summed E-state index contributed by atoms with van der Waals surface area (Å²) in [5, 5.41) is 22.0. The van der Waals surface area contributed by atoms with Crippen molar-refractivity contribution in [3.63, 3.8) is 0 Å². The van der Waals surface area contributed by atoms with Gasteiger partial charge in [-0.3, -0.25) is 4.79 Å². The second kappa shape index (κ2) is 9.94. The van der Waals surface area contributed by atoms with E-state index < -0.39 is 0 Å². The maximum absolute atomic E-state index is 13.2. The number of benzene rings is 1. The summed E-state index contributed by atoms with van der Waals surface area (Å²) in [7, 11) is 0. The molecular weight excluding hydrogens is 466 g/mol. The molecule has 2 N–H and O–H groups in total. The summed E-state index contributed by atoms with van der Waals surface area (Å²) in [6.45, 7) is 16.3. The summed E-state index contributed by atoms with van der Waals surface area (Å²) in [5.41, 5.74) is 2.33. The smallest absolute Gasteiger partial charge is 0.254 e. The number of ether oxygens (including phenoxy) is 1. The lowest BCUT2D eigenvalue weighted by atomic mass is 9.49. The average molecular weight is 506 g/mol. The van der Waals surface area contributed by atoms with E-state index in [4.69, 9.17) is 4.74 Å². The van der Waals surface area contributed by atoms with Crippen LogP contribution in [0.1, 0.15) is 68.1 Å². The number of aromatic nitrogens is 2. The number of nitrogens with one attached hydrogen (secondary N) is 1. The van der Waals surface area contributed by atoms with Crippen molar-refractivity contribution < 1.29 is 14.6 Å². The fourth-order valence-corrected chi connectivity index (χ4v) is 6.43. The number of piperidine rings is 1. The first-order valence-electron chi connectivity index (χ1n) is 13.1. The van der Waals surface area contributed by atoms with Crippen LogP contribution in [0, 0.1) is 47.8 Å². The van der Waals surface area contributed by atoms with Crippen molar-refractivity contribution in [1.82, 2.24) is 15.3 Å². The summed E-state index contributed by atoms with van der Waals surface area (Å²) in [4.78, 5) is 24.3. The van der Waals surface area contributed by atoms with Crippen LogP contribution < -0.4 is 15.0 Å². The fraction of sp³-hybridized carbons (Fsp3) is 0.586. The minimum atomic E-state index is -0.318. The fourth-order valence-electron chi connectivity index (χ4n) is 6.43. The lowest BCUT2D eigenvalue weighted by Gasteiger charge is -2.63. The molecule has 1 aliphatic carbocycles. The molecule has 0 radical (unpaired) electrons. The Hall–Kier alpha value is -3.18. The van der Waals surface area contributed by atoms with Gasteiger partial charge in [0.1, 0.15) is 11.9 Å². The summed E-state index contributed by atoms with van der Waals surface area (Å²) in [6.07, 6.45) is 3.96. The van der Waals surface area contributed by atoms with Crippen molar-refractivity contribution in [3.05, 3.63) is 46.8 Å². The first-order valence-corrected chi connectivity index (χ1v) is 13.1. The van der Waals surface area contributed by atoms with Gasteiger partial charge in [0.05, 0.1) is 17.2 Å². The third-order valence-electron chi connectivity index (χ3n) is 8.72. The van der Waals surface area contributed by atoms with Gasteiger partial charge >= 0.3 is 0 Å². The number of rotatable bonds is 6. The molecule has 2 fully saturated rings. The van der Waals surface area contributed by atoms with Crippen molar-refractivity contribution in [2.75, 3.05) is 24.6 Å². The Morgan fingerprint density at radius 2 is 1.84 bits per heavy atom. The van der Waals surface area contributed by atoms with Gasteiger partial charge < -0.3 is 20.1 Å². The van der Waals surface area contributed by atoms with E-state index >= 15 is 0 Å². The summed E-state index contributed by atoms with van der Waals surface area (Å²) < 4.78 is 6.51. The van der Waals surface area contributed by atoms with E-state index in [-0.39, 0.29) is 35.5 Å². The maximum Gasteiger partial charge on any atom is 0.254 e. The van der Waals surface area contributed by atoms with E-state index in [9.17, 15) is 15.2 Å². The Labute approximate surface area is 220 Å². The first-order chi connectivity index (χ1) is 17.4. The molecule has 2 heterocycles. The molecule has 8 nitrogen and oxygen atoms in total. The normalized spacial score (nSPS) is 26.1. The van der Waals surface area contributed by atoms with E-state index in [0.29, 0.717) is 28.9 Å². The quantitative estimate of drug-likeness (QED) is 0.610. The monoisotopic (exact) mass is 505 g/mol. The standard InChI is InChI=1S/C29H39N5O3/c1-17-15-34(11-10-21(17)16-35)27-31-13-22(14-32-27)24(36)33-25-28(4,5)26(29(25,6)7)37-23-9-8-20(12-30)18(2)19(23)3/h8-9,13-14,17,21,25-26,35H,10-11,15-16H2,1-7H3,(H,33,36)/t17-,21+,25?,26?/m0/s1. The molecule has 37 heavy (non-hydrogen) atoms. The third-order valence-corrected chi connectivity index (χ3v) is 8.72. The van der Waals surface area contributed by atoms with Crippen molar-refractivity contribution in [3.8, 4) is 11.8 Å². The summed E-state index contributed by atoms with van der Waals surface area (Å²) >= 11 is 0. The van der Waals surface area contributed by atoms with Gasteiger partial charge in [-0.05, 0) is 55.4 Å². The number of aliphatic hydroxyl groups excluding tert-OH is 1. The number of aliphatic hydroxyl groups is 1. The Morgan fingerprint density at radius 3 is 2.41 bits per heavy atom. The molecule has 198 valence electrons. The Kier molecular flexibility index (Phi) is 7.22. The number of hydrogen-bond acceptors (Lipinski definition) is 7. The third kappa shape index (κ3) is 4.77. The van der Waals surface area contributed by atoms with E-state index in [0.717, 1.165) is 36.4 Å². The molecule has 1 aliphatic heterocycles. The molecule has 2 atom stereocenters. The zero-order chi connectivity index (χ0) is 27.1. The molecule has 1 saturated heterocycles. The van der Waals surface area contributed by atoms with Gasteiger partial charge in [0.2, 0.25) is 5.95 Å². The maximum atomic E-state index is 13.2. The minimum Gasteiger partial charge on any atom is -0.489 e. The van der Waals surface area contributed by atoms with Crippen molar-refractivity contribution in [1.29, 1.82) is 5.26 Å². The Bertz CT molecular complexity index is 1190. The van der Waals surface area contributed by atoms with Crippen LogP contribution in [0.25, 0.3) is 0 Å². The number of carbonyl (C=O) groups excluding carboxylic acids is 1. The molecule has 2 aliphatic rings. The highest BCUT2D eigenvalue weighted by Crippen LogP contribution is 2.55. The van der Waals surface area contributed by atoms with Crippen LogP contribution in [0.3, 0.4) is 0 Å².